The third-order valence-corrected chi connectivity index (χ3v) is 10.6. The zero-order valence-corrected chi connectivity index (χ0v) is 37.0. The van der Waals surface area contributed by atoms with Crippen LogP contribution in [0.2, 0.25) is 0 Å². The first-order valence-electron chi connectivity index (χ1n) is 24.9. The van der Waals surface area contributed by atoms with E-state index in [1.54, 1.807) is 82.6 Å². The number of hydrogen-bond donors (Lipinski definition) is 0. The van der Waals surface area contributed by atoms with Crippen molar-refractivity contribution in [2.45, 2.75) is 64.0 Å². The summed E-state index contributed by atoms with van der Waals surface area (Å²) >= 11 is 0. The number of fused-ring (bicyclic) bond motifs is 3. The van der Waals surface area contributed by atoms with Crippen molar-refractivity contribution < 1.29 is 42.6 Å². The smallest absolute Gasteiger partial charge is 0.501 e. The van der Waals surface area contributed by atoms with Gasteiger partial charge in [-0.25, -0.2) is 4.39 Å². The fourth-order valence-electron chi connectivity index (χ4n) is 7.32. The molecule has 63 heavy (non-hydrogen) atoms. The Morgan fingerprint density at radius 3 is 1.83 bits per heavy atom. The van der Waals surface area contributed by atoms with Crippen LogP contribution in [0.15, 0.2) is 150 Å². The predicted octanol–water partition coefficient (Wildman–Crippen LogP) is 13.0. The molecule has 0 saturated heterocycles. The molecule has 0 aliphatic heterocycles. The van der Waals surface area contributed by atoms with Crippen molar-refractivity contribution in [1.29, 1.82) is 5.26 Å². The minimum atomic E-state index is -3.22. The molecule has 0 amide bonds. The molecule has 5 aromatic carbocycles. The van der Waals surface area contributed by atoms with Crippen molar-refractivity contribution in [2.75, 3.05) is 0 Å². The van der Waals surface area contributed by atoms with Gasteiger partial charge in [0.25, 0.3) is 0 Å². The number of nitrogens with zero attached hydrogens (tertiary/aromatic N) is 4. The number of halogens is 1. The van der Waals surface area contributed by atoms with Gasteiger partial charge in [0.2, 0.25) is 0 Å². The maximum absolute atomic E-state index is 16.7. The summed E-state index contributed by atoms with van der Waals surface area (Å²) in [5.74, 6) is -1.19. The van der Waals surface area contributed by atoms with E-state index in [1.807, 2.05) is 42.5 Å². The van der Waals surface area contributed by atoms with Gasteiger partial charge in [0.05, 0.1) is 20.0 Å². The predicted molar refractivity (Wildman–Crippen MR) is 245 cm³/mol. The average Bonchev–Trinajstić information content (AvgIpc) is 3.75. The monoisotopic (exact) mass is 1010 g/mol. The number of benzene rings is 5. The van der Waals surface area contributed by atoms with Crippen LogP contribution >= 0.6 is 0 Å². The maximum atomic E-state index is 16.7. The van der Waals surface area contributed by atoms with E-state index in [0.29, 0.717) is 33.3 Å². The summed E-state index contributed by atoms with van der Waals surface area (Å²) < 4.78 is 117. The number of hydrogen-bond acceptors (Lipinski definition) is 5. The minimum absolute atomic E-state index is 0. The Hall–Kier alpha value is -6.58. The molecule has 9 aromatic rings. The Morgan fingerprint density at radius 1 is 0.683 bits per heavy atom. The molecule has 0 N–H and O–H groups in total. The van der Waals surface area contributed by atoms with Crippen molar-refractivity contribution in [3.8, 4) is 39.8 Å². The molecular formula is C56H44FIrN4O. The van der Waals surface area contributed by atoms with Gasteiger partial charge >= 0.3 is 20.1 Å². The SMILES string of the molecule is [2H]c1cc2c(oc3c(-c4cc(F)c(C([2H])([2H])C([2H])([2H])c5cc(C([2H])([2H])C(C)(C)c6ccc(-c7[c-]cccc7)nc6)cc(C([2H])([2H])C(C)(C)c6ccc(-c7[c-]cccc7)nc6)c5)cn4)[c-]ccc32)c([2H])c1C#N.[Ir+3]. The van der Waals surface area contributed by atoms with Crippen LogP contribution in [-0.4, -0.2) is 15.0 Å². The Balaban J connectivity index is 0.00000711. The van der Waals surface area contributed by atoms with Crippen LogP contribution in [0.5, 0.6) is 0 Å². The van der Waals surface area contributed by atoms with Crippen molar-refractivity contribution in [3.63, 3.8) is 0 Å². The second-order valence-electron chi connectivity index (χ2n) is 15.9. The fourth-order valence-corrected chi connectivity index (χ4v) is 7.32. The molecule has 4 heterocycles. The molecule has 310 valence electrons. The van der Waals surface area contributed by atoms with Crippen LogP contribution in [0, 0.1) is 35.3 Å². The molecule has 0 unspecified atom stereocenters. The first-order valence-corrected chi connectivity index (χ1v) is 19.9. The average molecular weight is 1010 g/mol. The molecule has 0 atom stereocenters. The van der Waals surface area contributed by atoms with Gasteiger partial charge < -0.3 is 19.4 Å². The molecule has 0 fully saturated rings. The summed E-state index contributed by atoms with van der Waals surface area (Å²) in [6.07, 6.45) is -7.22. The molecule has 5 nitrogen and oxygen atoms in total. The number of furan rings is 1. The van der Waals surface area contributed by atoms with Gasteiger partial charge in [0.15, 0.2) is 0 Å². The van der Waals surface area contributed by atoms with E-state index < -0.39 is 53.3 Å². The summed E-state index contributed by atoms with van der Waals surface area (Å²) in [4.78, 5) is 13.6. The van der Waals surface area contributed by atoms with Gasteiger partial charge in [0, 0.05) is 40.5 Å². The van der Waals surface area contributed by atoms with Crippen LogP contribution in [0.3, 0.4) is 0 Å². The minimum Gasteiger partial charge on any atom is -0.501 e. The van der Waals surface area contributed by atoms with Crippen LogP contribution < -0.4 is 0 Å². The third kappa shape index (κ3) is 9.30. The largest absolute Gasteiger partial charge is 3.00 e. The molecule has 4 aromatic heterocycles. The van der Waals surface area contributed by atoms with Gasteiger partial charge in [-0.3, -0.25) is 0 Å². The summed E-state index contributed by atoms with van der Waals surface area (Å²) in [6, 6.07) is 41.3. The Bertz CT molecular complexity index is 3460. The summed E-state index contributed by atoms with van der Waals surface area (Å²) in [7, 11) is 0. The topological polar surface area (TPSA) is 75.6 Å². The maximum Gasteiger partial charge on any atom is 3.00 e. The molecule has 7 heteroatoms. The van der Waals surface area contributed by atoms with Crippen molar-refractivity contribution in [3.05, 3.63) is 209 Å². The van der Waals surface area contributed by atoms with Crippen LogP contribution in [0.25, 0.3) is 55.7 Å². The van der Waals surface area contributed by atoms with Gasteiger partial charge in [-0.15, -0.1) is 90.0 Å². The fraction of sp³-hybridized carbons (Fsp3) is 0.179. The molecule has 0 radical (unpaired) electrons. The second kappa shape index (κ2) is 18.0. The van der Waals surface area contributed by atoms with Gasteiger partial charge in [0.1, 0.15) is 11.4 Å². The Morgan fingerprint density at radius 2 is 1.29 bits per heavy atom. The standard InChI is InChI=1S/C56H44FN4O.Ir/c1-55(2,44-21-24-50(60-35-44)41-12-7-5-8-13-41)31-39-26-37(27-40(28-39)32-56(3,4)45-22-25-51(61-36-45)42-14-9-6-10-15-42)18-20-43-34-59-52(30-49(43)57)48-17-11-16-47-46-23-19-38(33-58)29-53(46)62-54(47)48;/h5-12,14,16,19,21-30,34-36H,18,20,31-32H2,1-4H3;/q-3;+3/i18D2,19D,20D2,29D,31D2,32D2;. The zero-order valence-electron chi connectivity index (χ0n) is 44.6. The number of pyridine rings is 3. The summed E-state index contributed by atoms with van der Waals surface area (Å²) in [6.45, 7) is 6.62. The normalized spacial score (nSPS) is 14.9. The first-order chi connectivity index (χ1) is 33.9. The van der Waals surface area contributed by atoms with Crippen LogP contribution in [0.4, 0.5) is 4.39 Å². The number of aryl methyl sites for hydroxylation is 2. The quantitative estimate of drug-likeness (QED) is 0.114. The summed E-state index contributed by atoms with van der Waals surface area (Å²) in [5.41, 5.74) is -0.739. The summed E-state index contributed by atoms with van der Waals surface area (Å²) in [5, 5.41) is 10.4. The van der Waals surface area contributed by atoms with E-state index >= 15 is 4.39 Å². The van der Waals surface area contributed by atoms with E-state index in [1.165, 1.54) is 30.3 Å². The number of aromatic nitrogens is 3. The Labute approximate surface area is 396 Å². The van der Waals surface area contributed by atoms with E-state index in [2.05, 4.69) is 33.2 Å². The van der Waals surface area contributed by atoms with Crippen molar-refractivity contribution >= 4 is 21.9 Å². The molecule has 0 aliphatic carbocycles. The van der Waals surface area contributed by atoms with Gasteiger partial charge in [-0.1, -0.05) is 87.2 Å². The van der Waals surface area contributed by atoms with Gasteiger partial charge in [-0.2, -0.15) is 5.26 Å². The van der Waals surface area contributed by atoms with Gasteiger partial charge in [-0.05, 0) is 99.4 Å². The van der Waals surface area contributed by atoms with Crippen molar-refractivity contribution in [1.82, 2.24) is 15.0 Å². The molecular weight excluding hydrogens is 956 g/mol. The van der Waals surface area contributed by atoms with E-state index in [9.17, 15) is 16.2 Å². The van der Waals surface area contributed by atoms with E-state index in [0.717, 1.165) is 23.4 Å². The van der Waals surface area contributed by atoms with Crippen LogP contribution in [0.1, 0.15) is 80.3 Å². The zero-order chi connectivity index (χ0) is 51.8. The number of rotatable bonds is 12. The van der Waals surface area contributed by atoms with Crippen molar-refractivity contribution in [2.24, 2.45) is 0 Å². The molecule has 0 saturated carbocycles. The van der Waals surface area contributed by atoms with Crippen LogP contribution in [-0.2, 0) is 56.4 Å². The molecule has 9 rings (SSSR count). The third-order valence-electron chi connectivity index (χ3n) is 10.6. The molecule has 0 bridgehead atoms. The molecule has 0 spiro atoms. The molecule has 0 aliphatic rings. The second-order valence-corrected chi connectivity index (χ2v) is 15.9. The first kappa shape index (κ1) is 32.1. The number of nitriles is 1. The Kier molecular flexibility index (Phi) is 9.20. The van der Waals surface area contributed by atoms with E-state index in [4.69, 9.17) is 7.16 Å². The van der Waals surface area contributed by atoms with E-state index in [-0.39, 0.29) is 71.3 Å².